The van der Waals surface area contributed by atoms with Crippen molar-refractivity contribution < 1.29 is 9.21 Å². The highest BCUT2D eigenvalue weighted by Crippen LogP contribution is 2.33. The lowest BCUT2D eigenvalue weighted by molar-refractivity contribution is -0.115. The van der Waals surface area contributed by atoms with Crippen LogP contribution in [0.2, 0.25) is 0 Å². The summed E-state index contributed by atoms with van der Waals surface area (Å²) >= 11 is 2.97. The minimum absolute atomic E-state index is 0.0498. The quantitative estimate of drug-likeness (QED) is 0.553. The van der Waals surface area contributed by atoms with Gasteiger partial charge in [-0.05, 0) is 44.9 Å². The maximum atomic E-state index is 12.3. The first-order valence-electron chi connectivity index (χ1n) is 8.25. The van der Waals surface area contributed by atoms with Gasteiger partial charge in [-0.2, -0.15) is 0 Å². The number of hydrogen-bond acceptors (Lipinski definition) is 6. The standard InChI is InChI=1S/C19H21N3O2S2/c1-11-7-6-8-17(12(11)2)22(15(5)23)18-21-16(9-25-18)10-26-19-20-13(3)14(4)24-19/h6-9H,10H2,1-5H3. The zero-order chi connectivity index (χ0) is 18.8. The van der Waals surface area contributed by atoms with E-state index in [1.807, 2.05) is 51.3 Å². The van der Waals surface area contributed by atoms with Crippen molar-refractivity contribution in [3.8, 4) is 0 Å². The smallest absolute Gasteiger partial charge is 0.256 e. The van der Waals surface area contributed by atoms with Crippen molar-refractivity contribution in [1.82, 2.24) is 9.97 Å². The molecule has 0 aliphatic carbocycles. The largest absolute Gasteiger partial charge is 0.437 e. The molecule has 3 aromatic rings. The third-order valence-electron chi connectivity index (χ3n) is 4.22. The van der Waals surface area contributed by atoms with Gasteiger partial charge in [-0.25, -0.2) is 9.97 Å². The van der Waals surface area contributed by atoms with Gasteiger partial charge >= 0.3 is 0 Å². The molecule has 7 heteroatoms. The fourth-order valence-corrected chi connectivity index (χ4v) is 4.28. The molecule has 0 spiro atoms. The van der Waals surface area contributed by atoms with Gasteiger partial charge in [-0.1, -0.05) is 23.9 Å². The summed E-state index contributed by atoms with van der Waals surface area (Å²) in [6.45, 7) is 9.47. The van der Waals surface area contributed by atoms with Crippen molar-refractivity contribution in [1.29, 1.82) is 0 Å². The highest BCUT2D eigenvalue weighted by molar-refractivity contribution is 7.98. The molecular formula is C19H21N3O2S2. The van der Waals surface area contributed by atoms with Crippen molar-refractivity contribution in [2.45, 2.75) is 45.6 Å². The molecule has 1 amide bonds. The van der Waals surface area contributed by atoms with E-state index in [4.69, 9.17) is 4.42 Å². The zero-order valence-electron chi connectivity index (χ0n) is 15.5. The second-order valence-electron chi connectivity index (χ2n) is 6.10. The van der Waals surface area contributed by atoms with Crippen LogP contribution in [0, 0.1) is 27.7 Å². The van der Waals surface area contributed by atoms with Gasteiger partial charge in [0.15, 0.2) is 5.13 Å². The van der Waals surface area contributed by atoms with E-state index < -0.39 is 0 Å². The molecule has 0 aliphatic rings. The number of benzene rings is 1. The minimum atomic E-state index is -0.0498. The number of thiazole rings is 1. The van der Waals surface area contributed by atoms with Gasteiger partial charge in [-0.3, -0.25) is 9.69 Å². The molecule has 0 radical (unpaired) electrons. The monoisotopic (exact) mass is 387 g/mol. The topological polar surface area (TPSA) is 59.2 Å². The Labute approximate surface area is 161 Å². The van der Waals surface area contributed by atoms with Crippen molar-refractivity contribution in [3.63, 3.8) is 0 Å². The fourth-order valence-electron chi connectivity index (χ4n) is 2.49. The summed E-state index contributed by atoms with van der Waals surface area (Å²) in [6, 6.07) is 5.96. The summed E-state index contributed by atoms with van der Waals surface area (Å²) in [5.41, 5.74) is 4.92. The lowest BCUT2D eigenvalue weighted by Crippen LogP contribution is -2.23. The zero-order valence-corrected chi connectivity index (χ0v) is 17.1. The Morgan fingerprint density at radius 2 is 2.00 bits per heavy atom. The van der Waals surface area contributed by atoms with Gasteiger partial charge in [0.05, 0.1) is 17.1 Å². The van der Waals surface area contributed by atoms with E-state index in [2.05, 4.69) is 9.97 Å². The molecule has 0 fully saturated rings. The lowest BCUT2D eigenvalue weighted by atomic mass is 10.1. The van der Waals surface area contributed by atoms with E-state index in [1.54, 1.807) is 11.8 Å². The highest BCUT2D eigenvalue weighted by Gasteiger charge is 2.20. The van der Waals surface area contributed by atoms with Crippen LogP contribution in [0.4, 0.5) is 10.8 Å². The summed E-state index contributed by atoms with van der Waals surface area (Å²) in [6.07, 6.45) is 0. The minimum Gasteiger partial charge on any atom is -0.437 e. The number of thioether (sulfide) groups is 1. The van der Waals surface area contributed by atoms with Gasteiger partial charge in [0, 0.05) is 18.1 Å². The molecule has 0 aliphatic heterocycles. The predicted octanol–water partition coefficient (Wildman–Crippen LogP) is 5.34. The Bertz CT molecular complexity index is 927. The number of aromatic nitrogens is 2. The summed E-state index contributed by atoms with van der Waals surface area (Å²) in [7, 11) is 0. The van der Waals surface area contributed by atoms with Crippen LogP contribution in [0.5, 0.6) is 0 Å². The Hall–Kier alpha value is -2.12. The number of anilines is 2. The van der Waals surface area contributed by atoms with Crippen LogP contribution in [0.25, 0.3) is 0 Å². The van der Waals surface area contributed by atoms with Gasteiger partial charge in [0.25, 0.3) is 5.22 Å². The molecule has 0 N–H and O–H groups in total. The van der Waals surface area contributed by atoms with Crippen LogP contribution in [0.1, 0.15) is 35.2 Å². The molecule has 0 unspecified atom stereocenters. The number of carbonyl (C=O) groups excluding carboxylic acids is 1. The second kappa shape index (κ2) is 7.63. The maximum absolute atomic E-state index is 12.3. The summed E-state index contributed by atoms with van der Waals surface area (Å²) in [5.74, 6) is 1.43. The molecule has 0 atom stereocenters. The van der Waals surface area contributed by atoms with Crippen LogP contribution in [0.15, 0.2) is 33.2 Å². The second-order valence-corrected chi connectivity index (χ2v) is 7.87. The van der Waals surface area contributed by atoms with Crippen molar-refractivity contribution in [2.24, 2.45) is 0 Å². The van der Waals surface area contributed by atoms with Crippen LogP contribution < -0.4 is 4.90 Å². The highest BCUT2D eigenvalue weighted by atomic mass is 32.2. The molecule has 0 saturated heterocycles. The molecule has 136 valence electrons. The first-order valence-corrected chi connectivity index (χ1v) is 10.1. The first-order chi connectivity index (χ1) is 12.4. The van der Waals surface area contributed by atoms with Gasteiger partial charge in [0.1, 0.15) is 5.76 Å². The van der Waals surface area contributed by atoms with E-state index in [9.17, 15) is 4.79 Å². The molecule has 2 aromatic heterocycles. The third-order valence-corrected chi connectivity index (χ3v) is 5.95. The van der Waals surface area contributed by atoms with Gasteiger partial charge in [-0.15, -0.1) is 11.3 Å². The van der Waals surface area contributed by atoms with Gasteiger partial charge in [0.2, 0.25) is 5.91 Å². The number of aryl methyl sites for hydroxylation is 3. The average Bonchev–Trinajstić information content (AvgIpc) is 3.17. The number of rotatable bonds is 5. The van der Waals surface area contributed by atoms with E-state index in [0.717, 1.165) is 34.0 Å². The number of carbonyl (C=O) groups is 1. The Morgan fingerprint density at radius 3 is 2.65 bits per heavy atom. The lowest BCUT2D eigenvalue weighted by Gasteiger charge is -2.21. The Balaban J connectivity index is 1.81. The van der Waals surface area contributed by atoms with Crippen LogP contribution in [-0.4, -0.2) is 15.9 Å². The third kappa shape index (κ3) is 3.83. The van der Waals surface area contributed by atoms with Gasteiger partial charge < -0.3 is 4.42 Å². The summed E-state index contributed by atoms with van der Waals surface area (Å²) in [4.78, 5) is 23.0. The average molecular weight is 388 g/mol. The SMILES string of the molecule is CC(=O)N(c1nc(CSc2nc(C)c(C)o2)cs1)c1cccc(C)c1C. The van der Waals surface area contributed by atoms with E-state index >= 15 is 0 Å². The number of oxazole rings is 1. The van der Waals surface area contributed by atoms with Crippen LogP contribution in [-0.2, 0) is 10.5 Å². The molecule has 0 bridgehead atoms. The summed E-state index contributed by atoms with van der Waals surface area (Å²) in [5, 5.41) is 3.31. The fraction of sp³-hybridized carbons (Fsp3) is 0.316. The van der Waals surface area contributed by atoms with E-state index in [0.29, 0.717) is 16.1 Å². The Morgan fingerprint density at radius 1 is 1.23 bits per heavy atom. The molecule has 3 rings (SSSR count). The van der Waals surface area contributed by atoms with Crippen molar-refractivity contribution in [2.75, 3.05) is 4.90 Å². The number of nitrogens with zero attached hydrogens (tertiary/aromatic N) is 3. The molecule has 26 heavy (non-hydrogen) atoms. The predicted molar refractivity (Wildman–Crippen MR) is 106 cm³/mol. The normalized spacial score (nSPS) is 11.0. The van der Waals surface area contributed by atoms with Crippen molar-refractivity contribution >= 4 is 39.8 Å². The molecule has 0 saturated carbocycles. The maximum Gasteiger partial charge on any atom is 0.256 e. The molecule has 2 heterocycles. The van der Waals surface area contributed by atoms with Crippen molar-refractivity contribution in [3.05, 3.63) is 51.9 Å². The van der Waals surface area contributed by atoms with E-state index in [1.165, 1.54) is 23.1 Å². The summed E-state index contributed by atoms with van der Waals surface area (Å²) < 4.78 is 5.59. The molecular weight excluding hydrogens is 366 g/mol. The van der Waals surface area contributed by atoms with Crippen LogP contribution >= 0.6 is 23.1 Å². The number of hydrogen-bond donors (Lipinski definition) is 0. The van der Waals surface area contributed by atoms with Crippen LogP contribution in [0.3, 0.4) is 0 Å². The first kappa shape index (κ1) is 18.7. The Kier molecular flexibility index (Phi) is 5.48. The number of amides is 1. The van der Waals surface area contributed by atoms with E-state index in [-0.39, 0.29) is 5.91 Å². The molecule has 5 nitrogen and oxygen atoms in total. The molecule has 1 aromatic carbocycles.